The van der Waals surface area contributed by atoms with Gasteiger partial charge >= 0.3 is 0 Å². The molecule has 0 unspecified atom stereocenters. The van der Waals surface area contributed by atoms with Crippen LogP contribution >= 0.6 is 0 Å². The first-order chi connectivity index (χ1) is 6.72. The number of hydrogen-bond acceptors (Lipinski definition) is 3. The van der Waals surface area contributed by atoms with E-state index < -0.39 is 0 Å². The molecule has 1 aliphatic rings. The molecule has 78 valence electrons. The molecule has 1 N–H and O–H groups in total. The van der Waals surface area contributed by atoms with E-state index in [1.54, 1.807) is 0 Å². The Balaban J connectivity index is 2.23. The van der Waals surface area contributed by atoms with Gasteiger partial charge in [0.25, 0.3) is 0 Å². The third-order valence-corrected chi connectivity index (χ3v) is 2.66. The molecule has 0 atom stereocenters. The second-order valence-corrected chi connectivity index (χ2v) is 4.30. The van der Waals surface area contributed by atoms with Gasteiger partial charge in [-0.2, -0.15) is 0 Å². The Hall–Kier alpha value is -0.900. The van der Waals surface area contributed by atoms with E-state index in [2.05, 4.69) is 28.6 Å². The summed E-state index contributed by atoms with van der Waals surface area (Å²) >= 11 is 0. The lowest BCUT2D eigenvalue weighted by atomic mass is 10.2. The highest BCUT2D eigenvalue weighted by Gasteiger charge is 2.25. The van der Waals surface area contributed by atoms with E-state index in [-0.39, 0.29) is 6.61 Å². The van der Waals surface area contributed by atoms with Gasteiger partial charge in [-0.05, 0) is 32.6 Å². The summed E-state index contributed by atoms with van der Waals surface area (Å²) in [7, 11) is 0. The summed E-state index contributed by atoms with van der Waals surface area (Å²) in [6.07, 6.45) is 3.66. The summed E-state index contributed by atoms with van der Waals surface area (Å²) in [6, 6.07) is 0.334. The molecule has 1 aromatic rings. The van der Waals surface area contributed by atoms with Crippen molar-refractivity contribution in [1.29, 1.82) is 0 Å². The first-order valence-electron chi connectivity index (χ1n) is 5.26. The van der Waals surface area contributed by atoms with E-state index in [9.17, 15) is 0 Å². The van der Waals surface area contributed by atoms with Crippen LogP contribution in [-0.2, 0) is 13.0 Å². The zero-order chi connectivity index (χ0) is 10.1. The van der Waals surface area contributed by atoms with Gasteiger partial charge in [0.2, 0.25) is 0 Å². The number of aromatic nitrogens is 3. The molecule has 0 saturated heterocycles. The normalized spacial score (nSPS) is 16.6. The van der Waals surface area contributed by atoms with Crippen molar-refractivity contribution < 1.29 is 5.11 Å². The Kier molecular flexibility index (Phi) is 2.54. The molecule has 1 saturated carbocycles. The standard InChI is InChI=1S/C10H17N3O/c1-7(2)13-9(5-8-3-4-8)11-12-10(13)6-14/h7-8,14H,3-6H2,1-2H3. The molecule has 4 nitrogen and oxygen atoms in total. The molecule has 1 heterocycles. The molecule has 2 rings (SSSR count). The average Bonchev–Trinajstić information content (AvgIpc) is 2.83. The van der Waals surface area contributed by atoms with Crippen molar-refractivity contribution in [2.75, 3.05) is 0 Å². The van der Waals surface area contributed by atoms with Gasteiger partial charge in [0.05, 0.1) is 0 Å². The second kappa shape index (κ2) is 3.69. The number of hydrogen-bond donors (Lipinski definition) is 1. The Bertz CT molecular complexity index is 315. The largest absolute Gasteiger partial charge is 0.388 e. The van der Waals surface area contributed by atoms with Crippen LogP contribution in [0.25, 0.3) is 0 Å². The molecular formula is C10H17N3O. The van der Waals surface area contributed by atoms with Gasteiger partial charge in [-0.3, -0.25) is 0 Å². The predicted octanol–water partition coefficient (Wildman–Crippen LogP) is 1.30. The monoisotopic (exact) mass is 195 g/mol. The molecule has 14 heavy (non-hydrogen) atoms. The van der Waals surface area contributed by atoms with Crippen LogP contribution < -0.4 is 0 Å². The minimum Gasteiger partial charge on any atom is -0.388 e. The van der Waals surface area contributed by atoms with Gasteiger partial charge in [0.15, 0.2) is 5.82 Å². The Morgan fingerprint density at radius 3 is 2.50 bits per heavy atom. The van der Waals surface area contributed by atoms with Gasteiger partial charge in [0, 0.05) is 12.5 Å². The fourth-order valence-electron chi connectivity index (χ4n) is 1.78. The van der Waals surface area contributed by atoms with Crippen molar-refractivity contribution >= 4 is 0 Å². The first kappa shape index (κ1) is 9.65. The van der Waals surface area contributed by atoms with Crippen LogP contribution in [0.5, 0.6) is 0 Å². The molecule has 0 aromatic carbocycles. The fourth-order valence-corrected chi connectivity index (χ4v) is 1.78. The van der Waals surface area contributed by atoms with Crippen LogP contribution in [0.1, 0.15) is 44.4 Å². The quantitative estimate of drug-likeness (QED) is 0.788. The van der Waals surface area contributed by atoms with Crippen LogP contribution in [0, 0.1) is 5.92 Å². The van der Waals surface area contributed by atoms with Crippen LogP contribution in [0.3, 0.4) is 0 Å². The maximum atomic E-state index is 9.11. The molecule has 0 spiro atoms. The first-order valence-corrected chi connectivity index (χ1v) is 5.26. The number of aliphatic hydroxyl groups is 1. The Labute approximate surface area is 84.0 Å². The van der Waals surface area contributed by atoms with E-state index in [1.165, 1.54) is 12.8 Å². The third kappa shape index (κ3) is 1.80. The van der Waals surface area contributed by atoms with Crippen LogP contribution in [0.2, 0.25) is 0 Å². The summed E-state index contributed by atoms with van der Waals surface area (Å²) in [6.45, 7) is 4.17. The smallest absolute Gasteiger partial charge is 0.159 e. The van der Waals surface area contributed by atoms with Gasteiger partial charge in [-0.1, -0.05) is 0 Å². The fraction of sp³-hybridized carbons (Fsp3) is 0.800. The molecule has 1 aromatic heterocycles. The highest BCUT2D eigenvalue weighted by Crippen LogP contribution is 2.32. The van der Waals surface area contributed by atoms with Crippen LogP contribution in [-0.4, -0.2) is 19.9 Å². The minimum absolute atomic E-state index is 0.0180. The second-order valence-electron chi connectivity index (χ2n) is 4.30. The SMILES string of the molecule is CC(C)n1c(CO)nnc1CC1CC1. The average molecular weight is 195 g/mol. The molecule has 1 aliphatic carbocycles. The molecule has 4 heteroatoms. The zero-order valence-corrected chi connectivity index (χ0v) is 8.77. The lowest BCUT2D eigenvalue weighted by molar-refractivity contribution is 0.261. The van der Waals surface area contributed by atoms with Crippen LogP contribution in [0.4, 0.5) is 0 Å². The summed E-state index contributed by atoms with van der Waals surface area (Å²) in [5.41, 5.74) is 0. The summed E-state index contributed by atoms with van der Waals surface area (Å²) in [5, 5.41) is 17.2. The highest BCUT2D eigenvalue weighted by atomic mass is 16.3. The van der Waals surface area contributed by atoms with Crippen molar-refractivity contribution in [3.05, 3.63) is 11.6 Å². The highest BCUT2D eigenvalue weighted by molar-refractivity contribution is 5.00. The van der Waals surface area contributed by atoms with Gasteiger partial charge in [-0.15, -0.1) is 10.2 Å². The number of aliphatic hydroxyl groups excluding tert-OH is 1. The van der Waals surface area contributed by atoms with E-state index in [0.717, 1.165) is 18.2 Å². The van der Waals surface area contributed by atoms with Gasteiger partial charge in [0.1, 0.15) is 12.4 Å². The van der Waals surface area contributed by atoms with Crippen molar-refractivity contribution in [2.45, 2.75) is 45.8 Å². The zero-order valence-electron chi connectivity index (χ0n) is 8.77. The van der Waals surface area contributed by atoms with E-state index >= 15 is 0 Å². The Morgan fingerprint density at radius 1 is 1.36 bits per heavy atom. The molecule has 0 radical (unpaired) electrons. The molecule has 0 amide bonds. The molecule has 0 bridgehead atoms. The van der Waals surface area contributed by atoms with Crippen LogP contribution in [0.15, 0.2) is 0 Å². The van der Waals surface area contributed by atoms with Crippen molar-refractivity contribution in [3.8, 4) is 0 Å². The van der Waals surface area contributed by atoms with Crippen molar-refractivity contribution in [3.63, 3.8) is 0 Å². The number of rotatable bonds is 4. The third-order valence-electron chi connectivity index (χ3n) is 2.66. The molecule has 0 aliphatic heterocycles. The number of nitrogens with zero attached hydrogens (tertiary/aromatic N) is 3. The minimum atomic E-state index is -0.0180. The van der Waals surface area contributed by atoms with Gasteiger partial charge in [-0.25, -0.2) is 0 Å². The van der Waals surface area contributed by atoms with E-state index in [4.69, 9.17) is 5.11 Å². The maximum absolute atomic E-state index is 9.11. The predicted molar refractivity (Wildman–Crippen MR) is 52.8 cm³/mol. The summed E-state index contributed by atoms with van der Waals surface area (Å²) in [4.78, 5) is 0. The van der Waals surface area contributed by atoms with Gasteiger partial charge < -0.3 is 9.67 Å². The molecule has 1 fully saturated rings. The lowest BCUT2D eigenvalue weighted by Crippen LogP contribution is -2.10. The maximum Gasteiger partial charge on any atom is 0.159 e. The van der Waals surface area contributed by atoms with E-state index in [1.807, 2.05) is 0 Å². The molecular weight excluding hydrogens is 178 g/mol. The van der Waals surface area contributed by atoms with E-state index in [0.29, 0.717) is 11.9 Å². The lowest BCUT2D eigenvalue weighted by Gasteiger charge is -2.12. The van der Waals surface area contributed by atoms with Crippen molar-refractivity contribution in [1.82, 2.24) is 14.8 Å². The Morgan fingerprint density at radius 2 is 2.00 bits per heavy atom. The summed E-state index contributed by atoms with van der Waals surface area (Å²) in [5.74, 6) is 2.53. The summed E-state index contributed by atoms with van der Waals surface area (Å²) < 4.78 is 2.05. The topological polar surface area (TPSA) is 50.9 Å². The van der Waals surface area contributed by atoms with Crippen molar-refractivity contribution in [2.24, 2.45) is 5.92 Å².